The minimum atomic E-state index is -1.01. The maximum atomic E-state index is 12.9. The molecule has 0 saturated heterocycles. The van der Waals surface area contributed by atoms with Gasteiger partial charge in [-0.05, 0) is 31.4 Å². The van der Waals surface area contributed by atoms with Crippen LogP contribution in [0.25, 0.3) is 10.2 Å². The van der Waals surface area contributed by atoms with E-state index in [0.29, 0.717) is 10.2 Å². The molecule has 0 bridgehead atoms. The Morgan fingerprint density at radius 1 is 1.27 bits per heavy atom. The Hall–Kier alpha value is -2.67. The summed E-state index contributed by atoms with van der Waals surface area (Å²) in [6, 6.07) is 8.23. The lowest BCUT2D eigenvalue weighted by atomic mass is 10.2. The SMILES string of the molecule is CCc1sc2[nH]c(=O)n(C(C)C(=O)OCc3ccccc3)c(=O)c2c1C. The Balaban J connectivity index is 1.93. The van der Waals surface area contributed by atoms with Gasteiger partial charge in [-0.3, -0.25) is 9.78 Å². The number of ether oxygens (including phenoxy) is 1. The van der Waals surface area contributed by atoms with Gasteiger partial charge in [0.25, 0.3) is 5.56 Å². The van der Waals surface area contributed by atoms with E-state index in [4.69, 9.17) is 4.74 Å². The first-order chi connectivity index (χ1) is 12.4. The molecule has 3 rings (SSSR count). The molecule has 136 valence electrons. The highest BCUT2D eigenvalue weighted by molar-refractivity contribution is 7.18. The van der Waals surface area contributed by atoms with Crippen molar-refractivity contribution in [2.24, 2.45) is 0 Å². The number of carbonyl (C=O) groups excluding carboxylic acids is 1. The molecule has 26 heavy (non-hydrogen) atoms. The van der Waals surface area contributed by atoms with E-state index in [-0.39, 0.29) is 6.61 Å². The number of nitrogens with zero attached hydrogens (tertiary/aromatic N) is 1. The lowest BCUT2D eigenvalue weighted by molar-refractivity contribution is -0.148. The van der Waals surface area contributed by atoms with Gasteiger partial charge in [0.05, 0.1) is 5.39 Å². The number of hydrogen-bond acceptors (Lipinski definition) is 5. The van der Waals surface area contributed by atoms with E-state index in [2.05, 4.69) is 4.98 Å². The van der Waals surface area contributed by atoms with Crippen molar-refractivity contribution in [3.8, 4) is 0 Å². The molecule has 0 fully saturated rings. The van der Waals surface area contributed by atoms with E-state index in [1.165, 1.54) is 18.3 Å². The third kappa shape index (κ3) is 3.22. The Kier molecular flexibility index (Phi) is 5.08. The van der Waals surface area contributed by atoms with Gasteiger partial charge in [0.2, 0.25) is 0 Å². The number of aromatic nitrogens is 2. The van der Waals surface area contributed by atoms with Crippen molar-refractivity contribution in [3.63, 3.8) is 0 Å². The molecule has 6 nitrogen and oxygen atoms in total. The molecule has 1 aromatic carbocycles. The van der Waals surface area contributed by atoms with Crippen LogP contribution in [0.5, 0.6) is 0 Å². The number of hydrogen-bond donors (Lipinski definition) is 1. The number of thiophene rings is 1. The Morgan fingerprint density at radius 2 is 1.96 bits per heavy atom. The number of fused-ring (bicyclic) bond motifs is 1. The fourth-order valence-corrected chi connectivity index (χ4v) is 4.05. The molecule has 0 radical (unpaired) electrons. The zero-order valence-corrected chi connectivity index (χ0v) is 15.7. The van der Waals surface area contributed by atoms with Crippen LogP contribution in [0.2, 0.25) is 0 Å². The quantitative estimate of drug-likeness (QED) is 0.698. The van der Waals surface area contributed by atoms with Crippen molar-refractivity contribution >= 4 is 27.5 Å². The second-order valence-electron chi connectivity index (χ2n) is 6.08. The zero-order chi connectivity index (χ0) is 18.8. The highest BCUT2D eigenvalue weighted by atomic mass is 32.1. The van der Waals surface area contributed by atoms with E-state index in [0.717, 1.165) is 27.0 Å². The molecule has 1 atom stereocenters. The van der Waals surface area contributed by atoms with Crippen LogP contribution in [0.4, 0.5) is 0 Å². The molecule has 3 aromatic rings. The smallest absolute Gasteiger partial charge is 0.330 e. The molecule has 1 unspecified atom stereocenters. The molecular weight excluding hydrogens is 352 g/mol. The molecule has 0 aliphatic rings. The van der Waals surface area contributed by atoms with Crippen molar-refractivity contribution in [1.82, 2.24) is 9.55 Å². The number of H-pyrrole nitrogens is 1. The van der Waals surface area contributed by atoms with Crippen LogP contribution in [-0.4, -0.2) is 15.5 Å². The number of aromatic amines is 1. The van der Waals surface area contributed by atoms with Gasteiger partial charge in [0.15, 0.2) is 0 Å². The summed E-state index contributed by atoms with van der Waals surface area (Å²) in [6.07, 6.45) is 0.779. The summed E-state index contributed by atoms with van der Waals surface area (Å²) in [6.45, 7) is 5.45. The first kappa shape index (κ1) is 18.1. The monoisotopic (exact) mass is 372 g/mol. The summed E-state index contributed by atoms with van der Waals surface area (Å²) in [5, 5.41) is 0.467. The fraction of sp³-hybridized carbons (Fsp3) is 0.316. The van der Waals surface area contributed by atoms with Crippen LogP contribution in [0.3, 0.4) is 0 Å². The molecule has 0 amide bonds. The maximum Gasteiger partial charge on any atom is 0.330 e. The highest BCUT2D eigenvalue weighted by Crippen LogP contribution is 2.26. The topological polar surface area (TPSA) is 81.2 Å². The second-order valence-corrected chi connectivity index (χ2v) is 7.19. The first-order valence-corrected chi connectivity index (χ1v) is 9.23. The summed E-state index contributed by atoms with van der Waals surface area (Å²) >= 11 is 1.40. The van der Waals surface area contributed by atoms with Crippen LogP contribution in [0, 0.1) is 6.92 Å². The number of nitrogens with one attached hydrogen (secondary N) is 1. The Morgan fingerprint density at radius 3 is 2.62 bits per heavy atom. The number of aryl methyl sites for hydroxylation is 2. The van der Waals surface area contributed by atoms with Crippen LogP contribution in [-0.2, 0) is 22.6 Å². The molecular formula is C19H20N2O4S. The Bertz CT molecular complexity index is 1060. The lowest BCUT2D eigenvalue weighted by Gasteiger charge is -2.13. The van der Waals surface area contributed by atoms with E-state index in [9.17, 15) is 14.4 Å². The summed E-state index contributed by atoms with van der Waals surface area (Å²) < 4.78 is 6.21. The summed E-state index contributed by atoms with van der Waals surface area (Å²) in [7, 11) is 0. The first-order valence-electron chi connectivity index (χ1n) is 8.41. The third-order valence-electron chi connectivity index (χ3n) is 4.39. The Labute approximate surface area is 154 Å². The number of rotatable bonds is 5. The number of esters is 1. The number of carbonyl (C=O) groups is 1. The fourth-order valence-electron chi connectivity index (χ4n) is 2.92. The van der Waals surface area contributed by atoms with E-state index < -0.39 is 23.3 Å². The van der Waals surface area contributed by atoms with Crippen molar-refractivity contribution < 1.29 is 9.53 Å². The van der Waals surface area contributed by atoms with E-state index >= 15 is 0 Å². The van der Waals surface area contributed by atoms with Gasteiger partial charge in [-0.25, -0.2) is 14.2 Å². The van der Waals surface area contributed by atoms with Gasteiger partial charge in [0.1, 0.15) is 17.5 Å². The molecule has 7 heteroatoms. The third-order valence-corrected chi connectivity index (χ3v) is 5.74. The molecule has 1 N–H and O–H groups in total. The van der Waals surface area contributed by atoms with Crippen LogP contribution >= 0.6 is 11.3 Å². The van der Waals surface area contributed by atoms with Gasteiger partial charge < -0.3 is 4.74 Å². The molecule has 2 aromatic heterocycles. The summed E-state index contributed by atoms with van der Waals surface area (Å²) in [5.41, 5.74) is 0.635. The summed E-state index contributed by atoms with van der Waals surface area (Å²) in [5.74, 6) is -0.621. The zero-order valence-electron chi connectivity index (χ0n) is 14.9. The average molecular weight is 372 g/mol. The van der Waals surface area contributed by atoms with Crippen LogP contribution in [0.15, 0.2) is 39.9 Å². The van der Waals surface area contributed by atoms with Gasteiger partial charge in [-0.1, -0.05) is 37.3 Å². The van der Waals surface area contributed by atoms with Gasteiger partial charge in [-0.2, -0.15) is 0 Å². The van der Waals surface area contributed by atoms with Gasteiger partial charge in [0, 0.05) is 4.88 Å². The highest BCUT2D eigenvalue weighted by Gasteiger charge is 2.23. The molecule has 2 heterocycles. The average Bonchev–Trinajstić information content (AvgIpc) is 2.96. The van der Waals surface area contributed by atoms with E-state index in [1.54, 1.807) is 0 Å². The van der Waals surface area contributed by atoms with Crippen molar-refractivity contribution in [1.29, 1.82) is 0 Å². The van der Waals surface area contributed by atoms with Gasteiger partial charge >= 0.3 is 11.7 Å². The minimum absolute atomic E-state index is 0.0936. The van der Waals surface area contributed by atoms with Gasteiger partial charge in [-0.15, -0.1) is 11.3 Å². The molecule has 0 aliphatic carbocycles. The number of benzene rings is 1. The predicted molar refractivity (Wildman–Crippen MR) is 102 cm³/mol. The van der Waals surface area contributed by atoms with Crippen LogP contribution in [0.1, 0.15) is 35.9 Å². The lowest BCUT2D eigenvalue weighted by Crippen LogP contribution is -2.40. The summed E-state index contributed by atoms with van der Waals surface area (Å²) in [4.78, 5) is 41.9. The standard InChI is InChI=1S/C19H20N2O4S/c1-4-14-11(2)15-16(26-14)20-19(24)21(17(15)22)12(3)18(23)25-10-13-8-6-5-7-9-13/h5-9,12H,4,10H2,1-3H3,(H,20,24). The normalized spacial score (nSPS) is 12.3. The molecule has 0 aliphatic heterocycles. The predicted octanol–water partition coefficient (Wildman–Crippen LogP) is 2.93. The molecule has 0 saturated carbocycles. The minimum Gasteiger partial charge on any atom is -0.459 e. The van der Waals surface area contributed by atoms with Crippen LogP contribution < -0.4 is 11.2 Å². The molecule has 0 spiro atoms. The van der Waals surface area contributed by atoms with Crippen molar-refractivity contribution in [3.05, 3.63) is 67.2 Å². The van der Waals surface area contributed by atoms with E-state index in [1.807, 2.05) is 44.2 Å². The van der Waals surface area contributed by atoms with Crippen molar-refractivity contribution in [2.45, 2.75) is 39.8 Å². The van der Waals surface area contributed by atoms with Crippen molar-refractivity contribution in [2.75, 3.05) is 0 Å². The largest absolute Gasteiger partial charge is 0.459 e. The maximum absolute atomic E-state index is 12.9. The second kappa shape index (κ2) is 7.29.